The van der Waals surface area contributed by atoms with Crippen molar-refractivity contribution in [2.75, 3.05) is 18.2 Å². The number of aromatic amines is 1. The molecule has 34 heavy (non-hydrogen) atoms. The van der Waals surface area contributed by atoms with Crippen LogP contribution in [0, 0.1) is 0 Å². The van der Waals surface area contributed by atoms with E-state index in [1.165, 1.54) is 15.3 Å². The molecule has 0 aliphatic carbocycles. The Labute approximate surface area is 203 Å². The summed E-state index contributed by atoms with van der Waals surface area (Å²) in [6.07, 6.45) is 0. The van der Waals surface area contributed by atoms with Gasteiger partial charge in [-0.3, -0.25) is 4.79 Å². The molecule has 0 atom stereocenters. The van der Waals surface area contributed by atoms with Crippen LogP contribution in [0.1, 0.15) is 0 Å². The van der Waals surface area contributed by atoms with Gasteiger partial charge >= 0.3 is 15.2 Å². The number of anilines is 1. The summed E-state index contributed by atoms with van der Waals surface area (Å²) in [6.45, 7) is 0. The highest BCUT2D eigenvalue weighted by Gasteiger charge is 2.32. The molecule has 1 amide bonds. The quantitative estimate of drug-likeness (QED) is 0.252. The zero-order valence-electron chi connectivity index (χ0n) is 17.9. The standard InChI is InChI=1S/C23H18N4O4S3/c1-31-15-11-12-18-20(13-15)33-22(24-18)26-21(28)14-32-23-25-17-9-5-6-10-19(17)27(23)34(29,30)16-7-3-2-4-8-16/h2-13H,14H2,1H3,(H,24,26,28)/p+1. The van der Waals surface area contributed by atoms with Crippen molar-refractivity contribution in [2.45, 2.75) is 10.1 Å². The van der Waals surface area contributed by atoms with E-state index < -0.39 is 10.0 Å². The molecule has 2 aromatic heterocycles. The Morgan fingerprint density at radius 2 is 1.88 bits per heavy atom. The number of methoxy groups -OCH3 is 1. The third kappa shape index (κ3) is 4.25. The Kier molecular flexibility index (Phi) is 5.98. The van der Waals surface area contributed by atoms with Crippen molar-refractivity contribution >= 4 is 65.4 Å². The molecule has 0 bridgehead atoms. The molecule has 5 aromatic rings. The average Bonchev–Trinajstić information content (AvgIpc) is 3.43. The van der Waals surface area contributed by atoms with E-state index >= 15 is 0 Å². The highest BCUT2D eigenvalue weighted by molar-refractivity contribution is 8.00. The van der Waals surface area contributed by atoms with Crippen LogP contribution in [0.25, 0.3) is 21.3 Å². The fraction of sp³-hybridized carbons (Fsp3) is 0.0870. The van der Waals surface area contributed by atoms with Gasteiger partial charge in [-0.15, -0.1) is 3.97 Å². The summed E-state index contributed by atoms with van der Waals surface area (Å²) >= 11 is 2.45. The number of amides is 1. The van der Waals surface area contributed by atoms with Crippen molar-refractivity contribution < 1.29 is 21.9 Å². The Balaban J connectivity index is 1.40. The topological polar surface area (TPSA) is 105 Å². The van der Waals surface area contributed by atoms with E-state index in [1.807, 2.05) is 24.3 Å². The van der Waals surface area contributed by atoms with Crippen LogP contribution in [0.3, 0.4) is 0 Å². The second-order valence-corrected chi connectivity index (χ2v) is 11.0. The largest absolute Gasteiger partial charge is 0.497 e. The number of H-pyrrole nitrogens is 1. The van der Waals surface area contributed by atoms with Crippen LogP contribution in [0.2, 0.25) is 0 Å². The lowest BCUT2D eigenvalue weighted by molar-refractivity contribution is -0.526. The van der Waals surface area contributed by atoms with Crippen molar-refractivity contribution in [3.8, 4) is 5.75 Å². The molecule has 0 saturated heterocycles. The van der Waals surface area contributed by atoms with Crippen LogP contribution in [0.4, 0.5) is 5.13 Å². The summed E-state index contributed by atoms with van der Waals surface area (Å²) < 4.78 is 34.2. The van der Waals surface area contributed by atoms with E-state index in [4.69, 9.17) is 4.74 Å². The number of imidazole rings is 1. The van der Waals surface area contributed by atoms with Crippen LogP contribution >= 0.6 is 23.1 Å². The predicted molar refractivity (Wildman–Crippen MR) is 133 cm³/mol. The zero-order valence-corrected chi connectivity index (χ0v) is 20.3. The molecule has 0 saturated carbocycles. The summed E-state index contributed by atoms with van der Waals surface area (Å²) in [6, 6.07) is 20.8. The summed E-state index contributed by atoms with van der Waals surface area (Å²) in [5, 5.41) is 3.61. The first kappa shape index (κ1) is 22.4. The molecule has 8 nitrogen and oxygen atoms in total. The van der Waals surface area contributed by atoms with Gasteiger partial charge in [0.1, 0.15) is 10.6 Å². The average molecular weight is 512 g/mol. The number of hydrogen-bond donors (Lipinski definition) is 2. The molecular formula is C23H19N4O4S3+. The Hall–Kier alpha value is -3.41. The third-order valence-electron chi connectivity index (χ3n) is 5.01. The first-order valence-electron chi connectivity index (χ1n) is 10.2. The SMILES string of the molecule is COc1ccc2nc(NC(=O)CSc3[nH]c4ccccc4[n+]3S(=O)(=O)c3ccccc3)sc2c1. The lowest BCUT2D eigenvalue weighted by atomic mass is 10.3. The van der Waals surface area contributed by atoms with Gasteiger partial charge in [0, 0.05) is 0 Å². The molecule has 0 radical (unpaired) electrons. The number of carbonyl (C=O) groups is 1. The Morgan fingerprint density at radius 3 is 2.68 bits per heavy atom. The molecule has 2 N–H and O–H groups in total. The van der Waals surface area contributed by atoms with Crippen LogP contribution in [-0.2, 0) is 14.8 Å². The van der Waals surface area contributed by atoms with Crippen LogP contribution in [0.5, 0.6) is 5.75 Å². The maximum atomic E-state index is 13.4. The summed E-state index contributed by atoms with van der Waals surface area (Å²) in [7, 11) is -2.28. The number of benzene rings is 3. The van der Waals surface area contributed by atoms with E-state index in [0.717, 1.165) is 22.0 Å². The minimum atomic E-state index is -3.87. The van der Waals surface area contributed by atoms with E-state index in [9.17, 15) is 13.2 Å². The molecule has 172 valence electrons. The van der Waals surface area contributed by atoms with E-state index in [2.05, 4.69) is 15.3 Å². The first-order valence-corrected chi connectivity index (χ1v) is 13.4. The molecule has 11 heteroatoms. The monoisotopic (exact) mass is 511 g/mol. The predicted octanol–water partition coefficient (Wildman–Crippen LogP) is 4.04. The van der Waals surface area contributed by atoms with E-state index in [-0.39, 0.29) is 16.6 Å². The molecule has 0 unspecified atom stereocenters. The Bertz CT molecular complexity index is 1610. The molecule has 0 aliphatic rings. The van der Waals surface area contributed by atoms with Crippen molar-refractivity contribution in [1.29, 1.82) is 0 Å². The zero-order chi connectivity index (χ0) is 23.7. The molecular weight excluding hydrogens is 492 g/mol. The number of nitrogens with zero attached hydrogens (tertiary/aromatic N) is 2. The van der Waals surface area contributed by atoms with Gasteiger partial charge in [0.25, 0.3) is 0 Å². The van der Waals surface area contributed by atoms with Crippen molar-refractivity contribution in [1.82, 2.24) is 9.97 Å². The maximum Gasteiger partial charge on any atom is 0.336 e. The summed E-state index contributed by atoms with van der Waals surface area (Å²) in [4.78, 5) is 20.4. The Morgan fingerprint density at radius 1 is 1.12 bits per heavy atom. The van der Waals surface area contributed by atoms with Gasteiger partial charge in [0.15, 0.2) is 16.2 Å². The van der Waals surface area contributed by atoms with Gasteiger partial charge in [-0.1, -0.05) is 41.7 Å². The van der Waals surface area contributed by atoms with Gasteiger partial charge in [-0.05, 0) is 54.2 Å². The van der Waals surface area contributed by atoms with E-state index in [0.29, 0.717) is 27.1 Å². The fourth-order valence-corrected chi connectivity index (χ4v) is 6.93. The number of rotatable bonds is 7. The van der Waals surface area contributed by atoms with Crippen LogP contribution in [0.15, 0.2) is 82.8 Å². The third-order valence-corrected chi connectivity index (χ3v) is 8.75. The van der Waals surface area contributed by atoms with Crippen LogP contribution in [-0.4, -0.2) is 37.2 Å². The van der Waals surface area contributed by atoms with Crippen molar-refractivity contribution in [3.05, 3.63) is 72.8 Å². The smallest absolute Gasteiger partial charge is 0.336 e. The molecule has 2 heterocycles. The second kappa shape index (κ2) is 9.09. The summed E-state index contributed by atoms with van der Waals surface area (Å²) in [5.41, 5.74) is 1.93. The van der Waals surface area contributed by atoms with Gasteiger partial charge in [0.2, 0.25) is 5.91 Å². The minimum Gasteiger partial charge on any atom is -0.497 e. The minimum absolute atomic E-state index is 0.00359. The van der Waals surface area contributed by atoms with Crippen molar-refractivity contribution in [2.24, 2.45) is 0 Å². The lowest BCUT2D eigenvalue weighted by Crippen LogP contribution is -2.44. The number of ether oxygens (including phenoxy) is 1. The number of fused-ring (bicyclic) bond motifs is 2. The first-order chi connectivity index (χ1) is 16.5. The highest BCUT2D eigenvalue weighted by atomic mass is 32.2. The lowest BCUT2D eigenvalue weighted by Gasteiger charge is -2.04. The number of para-hydroxylation sites is 2. The molecule has 0 spiro atoms. The van der Waals surface area contributed by atoms with Gasteiger partial charge in [-0.25, -0.2) is 9.97 Å². The fourth-order valence-electron chi connectivity index (χ4n) is 3.44. The molecule has 0 aliphatic heterocycles. The highest BCUT2D eigenvalue weighted by Crippen LogP contribution is 2.29. The van der Waals surface area contributed by atoms with Gasteiger partial charge < -0.3 is 10.1 Å². The molecule has 0 fully saturated rings. The number of hydrogen-bond acceptors (Lipinski definition) is 7. The maximum absolute atomic E-state index is 13.4. The molecule has 3 aromatic carbocycles. The number of thioether (sulfide) groups is 1. The molecule has 5 rings (SSSR count). The number of aromatic nitrogens is 3. The van der Waals surface area contributed by atoms with Crippen LogP contribution < -0.4 is 14.0 Å². The number of thiazole rings is 1. The van der Waals surface area contributed by atoms with Crippen molar-refractivity contribution in [3.63, 3.8) is 0 Å². The number of nitrogens with one attached hydrogen (secondary N) is 2. The summed E-state index contributed by atoms with van der Waals surface area (Å²) in [5.74, 6) is 0.419. The van der Waals surface area contributed by atoms with Gasteiger partial charge in [-0.2, -0.15) is 8.42 Å². The normalized spacial score (nSPS) is 11.7. The van der Waals surface area contributed by atoms with Gasteiger partial charge in [0.05, 0.1) is 23.1 Å². The second-order valence-electron chi connectivity index (χ2n) is 7.22. The van der Waals surface area contributed by atoms with E-state index in [1.54, 1.807) is 55.6 Å². The number of carbonyl (C=O) groups excluding carboxylic acids is 1.